The lowest BCUT2D eigenvalue weighted by atomic mass is 9.87. The fourth-order valence-electron chi connectivity index (χ4n) is 4.53. The number of hydrogen-bond donors (Lipinski definition) is 1. The Morgan fingerprint density at radius 2 is 1.66 bits per heavy atom. The second-order valence-corrected chi connectivity index (χ2v) is 10.9. The molecule has 0 radical (unpaired) electrons. The molecule has 0 aromatic heterocycles. The van der Waals surface area contributed by atoms with Gasteiger partial charge in [0.05, 0.1) is 0 Å². The number of ether oxygens (including phenoxy) is 1. The molecule has 0 saturated heterocycles. The first-order valence-electron chi connectivity index (χ1n) is 12.7. The summed E-state index contributed by atoms with van der Waals surface area (Å²) >= 11 is 6.05. The van der Waals surface area contributed by atoms with E-state index in [0.29, 0.717) is 23.7 Å². The highest BCUT2D eigenvalue weighted by molar-refractivity contribution is 6.30. The average Bonchev–Trinajstić information content (AvgIpc) is 2.84. The van der Waals surface area contributed by atoms with E-state index < -0.39 is 6.04 Å². The van der Waals surface area contributed by atoms with Crippen LogP contribution in [-0.4, -0.2) is 35.4 Å². The first kappa shape index (κ1) is 27.1. The molecule has 0 bridgehead atoms. The third-order valence-electron chi connectivity index (χ3n) is 6.69. The van der Waals surface area contributed by atoms with E-state index in [0.717, 1.165) is 31.2 Å². The normalized spacial score (nSPS) is 15.3. The molecule has 1 saturated carbocycles. The van der Waals surface area contributed by atoms with E-state index in [4.69, 9.17) is 16.3 Å². The molecule has 2 amide bonds. The summed E-state index contributed by atoms with van der Waals surface area (Å²) in [7, 11) is 0. The van der Waals surface area contributed by atoms with E-state index in [9.17, 15) is 9.59 Å². The van der Waals surface area contributed by atoms with Gasteiger partial charge in [-0.2, -0.15) is 0 Å². The van der Waals surface area contributed by atoms with E-state index in [-0.39, 0.29) is 29.9 Å². The van der Waals surface area contributed by atoms with Gasteiger partial charge in [-0.25, -0.2) is 0 Å². The molecule has 0 spiro atoms. The quantitative estimate of drug-likeness (QED) is 0.443. The summed E-state index contributed by atoms with van der Waals surface area (Å²) in [5.74, 6) is 0.333. The third-order valence-corrected chi connectivity index (χ3v) is 6.94. The number of carbonyl (C=O) groups is 2. The van der Waals surface area contributed by atoms with E-state index in [1.54, 1.807) is 17.0 Å². The molecular formula is C29H39ClN2O3. The summed E-state index contributed by atoms with van der Waals surface area (Å²) in [6, 6.07) is 14.8. The molecule has 5 nitrogen and oxygen atoms in total. The monoisotopic (exact) mass is 498 g/mol. The number of hydrogen-bond acceptors (Lipinski definition) is 3. The maximum absolute atomic E-state index is 13.4. The summed E-state index contributed by atoms with van der Waals surface area (Å²) in [5, 5.41) is 3.83. The molecule has 1 aliphatic rings. The van der Waals surface area contributed by atoms with E-state index in [1.165, 1.54) is 12.0 Å². The van der Waals surface area contributed by atoms with Gasteiger partial charge in [-0.05, 0) is 60.1 Å². The van der Waals surface area contributed by atoms with Crippen molar-refractivity contribution in [2.75, 3.05) is 6.61 Å². The predicted octanol–water partition coefficient (Wildman–Crippen LogP) is 6.27. The molecule has 1 N–H and O–H groups in total. The highest BCUT2D eigenvalue weighted by atomic mass is 35.5. The summed E-state index contributed by atoms with van der Waals surface area (Å²) in [5.41, 5.74) is 2.16. The predicted molar refractivity (Wildman–Crippen MR) is 142 cm³/mol. The Morgan fingerprint density at radius 1 is 1.03 bits per heavy atom. The largest absolute Gasteiger partial charge is 0.484 e. The molecule has 0 unspecified atom stereocenters. The SMILES string of the molecule is CC[C@@H](C(=O)NC1CCCCC1)N(Cc1ccc(Cl)cc1)C(=O)COc1ccc(C(C)(C)C)cc1. The van der Waals surface area contributed by atoms with Crippen LogP contribution in [0.25, 0.3) is 0 Å². The van der Waals surface area contributed by atoms with Crippen molar-refractivity contribution in [2.45, 2.75) is 90.3 Å². The van der Waals surface area contributed by atoms with Crippen molar-refractivity contribution in [1.82, 2.24) is 10.2 Å². The van der Waals surface area contributed by atoms with Crippen LogP contribution in [0.5, 0.6) is 5.75 Å². The minimum Gasteiger partial charge on any atom is -0.484 e. The molecule has 1 atom stereocenters. The maximum Gasteiger partial charge on any atom is 0.261 e. The summed E-state index contributed by atoms with van der Waals surface area (Å²) in [6.45, 7) is 8.60. The van der Waals surface area contributed by atoms with Crippen molar-refractivity contribution in [2.24, 2.45) is 0 Å². The van der Waals surface area contributed by atoms with Crippen LogP contribution in [0.15, 0.2) is 48.5 Å². The summed E-state index contributed by atoms with van der Waals surface area (Å²) in [6.07, 6.45) is 6.02. The number of amides is 2. The number of nitrogens with zero attached hydrogens (tertiary/aromatic N) is 1. The molecule has 190 valence electrons. The minimum absolute atomic E-state index is 0.0454. The lowest BCUT2D eigenvalue weighted by Gasteiger charge is -2.32. The zero-order valence-corrected chi connectivity index (χ0v) is 22.2. The van der Waals surface area contributed by atoms with Crippen LogP contribution in [0.2, 0.25) is 5.02 Å². The fraction of sp³-hybridized carbons (Fsp3) is 0.517. The summed E-state index contributed by atoms with van der Waals surface area (Å²) < 4.78 is 5.85. The standard InChI is InChI=1S/C29H39ClN2O3/c1-5-26(28(34)31-24-9-7-6-8-10-24)32(19-21-11-15-23(30)16-12-21)27(33)20-35-25-17-13-22(14-18-25)29(2,3)4/h11-18,24,26H,5-10,19-20H2,1-4H3,(H,31,34)/t26-/m0/s1. The second kappa shape index (κ2) is 12.4. The van der Waals surface area contributed by atoms with E-state index >= 15 is 0 Å². The van der Waals surface area contributed by atoms with Crippen molar-refractivity contribution in [3.63, 3.8) is 0 Å². The highest BCUT2D eigenvalue weighted by Crippen LogP contribution is 2.25. The van der Waals surface area contributed by atoms with Crippen molar-refractivity contribution >= 4 is 23.4 Å². The number of halogens is 1. The molecule has 3 rings (SSSR count). The smallest absolute Gasteiger partial charge is 0.261 e. The minimum atomic E-state index is -0.563. The van der Waals surface area contributed by atoms with Crippen molar-refractivity contribution in [3.05, 3.63) is 64.7 Å². The lowest BCUT2D eigenvalue weighted by molar-refractivity contribution is -0.143. The second-order valence-electron chi connectivity index (χ2n) is 10.5. The summed E-state index contributed by atoms with van der Waals surface area (Å²) in [4.78, 5) is 28.3. The Kier molecular flexibility index (Phi) is 9.62. The van der Waals surface area contributed by atoms with Gasteiger partial charge in [-0.3, -0.25) is 9.59 Å². The van der Waals surface area contributed by atoms with Crippen LogP contribution in [0.4, 0.5) is 0 Å². The van der Waals surface area contributed by atoms with Crippen molar-refractivity contribution < 1.29 is 14.3 Å². The molecule has 2 aromatic carbocycles. The van der Waals surface area contributed by atoms with Crippen molar-refractivity contribution in [3.8, 4) is 5.75 Å². The Morgan fingerprint density at radius 3 is 2.23 bits per heavy atom. The van der Waals surface area contributed by atoms with Gasteiger partial charge in [0.2, 0.25) is 5.91 Å². The number of benzene rings is 2. The number of carbonyl (C=O) groups excluding carboxylic acids is 2. The zero-order valence-electron chi connectivity index (χ0n) is 21.5. The first-order valence-corrected chi connectivity index (χ1v) is 13.1. The van der Waals surface area contributed by atoms with Gasteiger partial charge in [0.1, 0.15) is 11.8 Å². The highest BCUT2D eigenvalue weighted by Gasteiger charge is 2.30. The van der Waals surface area contributed by atoms with Crippen LogP contribution >= 0.6 is 11.6 Å². The maximum atomic E-state index is 13.4. The average molecular weight is 499 g/mol. The van der Waals surface area contributed by atoms with Crippen LogP contribution < -0.4 is 10.1 Å². The van der Waals surface area contributed by atoms with Gasteiger partial charge in [0, 0.05) is 17.6 Å². The van der Waals surface area contributed by atoms with E-state index in [1.807, 2.05) is 43.3 Å². The molecule has 0 aliphatic heterocycles. The van der Waals surface area contributed by atoms with E-state index in [2.05, 4.69) is 26.1 Å². The fourth-order valence-corrected chi connectivity index (χ4v) is 4.66. The Labute approximate surface area is 215 Å². The molecular weight excluding hydrogens is 460 g/mol. The Balaban J connectivity index is 1.73. The molecule has 35 heavy (non-hydrogen) atoms. The first-order chi connectivity index (χ1) is 16.7. The van der Waals surface area contributed by atoms with Gasteiger partial charge in [0.15, 0.2) is 6.61 Å². The molecule has 6 heteroatoms. The van der Waals surface area contributed by atoms with Crippen LogP contribution in [0.1, 0.15) is 77.3 Å². The number of rotatable bonds is 9. The van der Waals surface area contributed by atoms with Gasteiger partial charge in [-0.1, -0.05) is 82.8 Å². The molecule has 0 heterocycles. The van der Waals surface area contributed by atoms with Gasteiger partial charge >= 0.3 is 0 Å². The van der Waals surface area contributed by atoms with Gasteiger partial charge in [-0.15, -0.1) is 0 Å². The van der Waals surface area contributed by atoms with Crippen LogP contribution in [0.3, 0.4) is 0 Å². The lowest BCUT2D eigenvalue weighted by Crippen LogP contribution is -2.52. The van der Waals surface area contributed by atoms with Crippen LogP contribution in [0, 0.1) is 0 Å². The number of nitrogens with one attached hydrogen (secondary N) is 1. The molecule has 1 aliphatic carbocycles. The van der Waals surface area contributed by atoms with Crippen LogP contribution in [-0.2, 0) is 21.5 Å². The topological polar surface area (TPSA) is 58.6 Å². The Bertz CT molecular complexity index is 961. The molecule has 1 fully saturated rings. The molecule has 2 aromatic rings. The van der Waals surface area contributed by atoms with Gasteiger partial charge in [0.25, 0.3) is 5.91 Å². The van der Waals surface area contributed by atoms with Crippen molar-refractivity contribution in [1.29, 1.82) is 0 Å². The third kappa shape index (κ3) is 7.99. The van der Waals surface area contributed by atoms with Gasteiger partial charge < -0.3 is 15.0 Å². The Hall–Kier alpha value is -2.53. The zero-order chi connectivity index (χ0) is 25.4.